The second-order valence-corrected chi connectivity index (χ2v) is 7.90. The van der Waals surface area contributed by atoms with E-state index in [1.807, 2.05) is 0 Å². The minimum atomic E-state index is -3.48. The van der Waals surface area contributed by atoms with E-state index < -0.39 is 27.0 Å². The lowest BCUT2D eigenvalue weighted by molar-refractivity contribution is -0.115. The quantitative estimate of drug-likeness (QED) is 0.833. The molecule has 0 bridgehead atoms. The Balaban J connectivity index is 2.99. The van der Waals surface area contributed by atoms with Gasteiger partial charge in [-0.25, -0.2) is 13.2 Å². The van der Waals surface area contributed by atoms with Gasteiger partial charge in [0.25, 0.3) is 0 Å². The Kier molecular flexibility index (Phi) is 5.29. The minimum Gasteiger partial charge on any atom is -0.462 e. The Hall–Kier alpha value is -1.41. The van der Waals surface area contributed by atoms with Gasteiger partial charge in [-0.3, -0.25) is 4.79 Å². The first kappa shape index (κ1) is 16.6. The van der Waals surface area contributed by atoms with Crippen LogP contribution in [0.5, 0.6) is 0 Å². The molecular weight excluding hydrogens is 302 g/mol. The number of esters is 1. The standard InChI is InChI=1S/C12H17NO5S2/c1-5-18-12(15)9-6-7(2)19-11(9)13-10(14)8(3)20(4,16)17/h6,8H,5H2,1-4H3,(H,13,14). The van der Waals surface area contributed by atoms with Crippen LogP contribution >= 0.6 is 11.3 Å². The van der Waals surface area contributed by atoms with E-state index in [9.17, 15) is 18.0 Å². The summed E-state index contributed by atoms with van der Waals surface area (Å²) >= 11 is 1.20. The highest BCUT2D eigenvalue weighted by Crippen LogP contribution is 2.28. The summed E-state index contributed by atoms with van der Waals surface area (Å²) in [6, 6.07) is 1.60. The number of ether oxygens (including phenoxy) is 1. The number of rotatable bonds is 5. The largest absolute Gasteiger partial charge is 0.462 e. The third-order valence-electron chi connectivity index (χ3n) is 2.60. The Morgan fingerprint density at radius 3 is 2.55 bits per heavy atom. The van der Waals surface area contributed by atoms with E-state index in [1.54, 1.807) is 19.9 Å². The predicted octanol–water partition coefficient (Wildman–Crippen LogP) is 1.60. The average molecular weight is 319 g/mol. The number of amides is 1. The highest BCUT2D eigenvalue weighted by atomic mass is 32.2. The van der Waals surface area contributed by atoms with Crippen molar-refractivity contribution < 1.29 is 22.7 Å². The van der Waals surface area contributed by atoms with E-state index in [2.05, 4.69) is 5.32 Å². The van der Waals surface area contributed by atoms with Gasteiger partial charge in [-0.15, -0.1) is 11.3 Å². The van der Waals surface area contributed by atoms with Gasteiger partial charge in [0, 0.05) is 11.1 Å². The first-order chi connectivity index (χ1) is 9.16. The lowest BCUT2D eigenvalue weighted by Crippen LogP contribution is -2.32. The minimum absolute atomic E-state index is 0.223. The summed E-state index contributed by atoms with van der Waals surface area (Å²) in [5, 5.41) is 1.60. The maximum absolute atomic E-state index is 11.9. The van der Waals surface area contributed by atoms with Gasteiger partial charge in [0.2, 0.25) is 5.91 Å². The van der Waals surface area contributed by atoms with Crippen LogP contribution in [0.15, 0.2) is 6.07 Å². The van der Waals surface area contributed by atoms with Crippen LogP contribution in [0.25, 0.3) is 0 Å². The molecule has 112 valence electrons. The van der Waals surface area contributed by atoms with E-state index >= 15 is 0 Å². The molecule has 0 radical (unpaired) electrons. The Morgan fingerprint density at radius 2 is 2.05 bits per heavy atom. The molecule has 6 nitrogen and oxygen atoms in total. The van der Waals surface area contributed by atoms with Gasteiger partial charge in [0.05, 0.1) is 12.2 Å². The molecule has 0 saturated carbocycles. The summed E-state index contributed by atoms with van der Waals surface area (Å²) in [6.07, 6.45) is 0.989. The highest BCUT2D eigenvalue weighted by molar-refractivity contribution is 7.92. The predicted molar refractivity (Wildman–Crippen MR) is 77.9 cm³/mol. The van der Waals surface area contributed by atoms with Gasteiger partial charge in [-0.05, 0) is 26.8 Å². The van der Waals surface area contributed by atoms with Crippen molar-refractivity contribution in [3.8, 4) is 0 Å². The fourth-order valence-corrected chi connectivity index (χ4v) is 2.73. The maximum atomic E-state index is 11.9. The third-order valence-corrected chi connectivity index (χ3v) is 5.06. The summed E-state index contributed by atoms with van der Waals surface area (Å²) < 4.78 is 27.6. The van der Waals surface area contributed by atoms with Crippen LogP contribution in [-0.4, -0.2) is 38.4 Å². The Labute approximate surface area is 122 Å². The van der Waals surface area contributed by atoms with Crippen LogP contribution in [0.4, 0.5) is 5.00 Å². The molecule has 0 aromatic carbocycles. The van der Waals surface area contributed by atoms with Gasteiger partial charge < -0.3 is 10.1 Å². The molecule has 1 rings (SSSR count). The fraction of sp³-hybridized carbons (Fsp3) is 0.500. The van der Waals surface area contributed by atoms with Crippen molar-refractivity contribution in [1.82, 2.24) is 0 Å². The summed E-state index contributed by atoms with van der Waals surface area (Å²) in [5.74, 6) is -1.21. The topological polar surface area (TPSA) is 89.5 Å². The highest BCUT2D eigenvalue weighted by Gasteiger charge is 2.26. The second kappa shape index (κ2) is 6.36. The first-order valence-corrected chi connectivity index (χ1v) is 8.71. The number of anilines is 1. The van der Waals surface area contributed by atoms with E-state index in [4.69, 9.17) is 4.74 Å². The molecule has 1 atom stereocenters. The Morgan fingerprint density at radius 1 is 1.45 bits per heavy atom. The van der Waals surface area contributed by atoms with Crippen LogP contribution in [0.1, 0.15) is 29.1 Å². The molecular formula is C12H17NO5S2. The molecule has 0 spiro atoms. The zero-order valence-electron chi connectivity index (χ0n) is 11.7. The van der Waals surface area contributed by atoms with Gasteiger partial charge in [-0.2, -0.15) is 0 Å². The van der Waals surface area contributed by atoms with E-state index in [-0.39, 0.29) is 12.2 Å². The molecule has 1 N–H and O–H groups in total. The molecule has 1 aromatic heterocycles. The van der Waals surface area contributed by atoms with Crippen molar-refractivity contribution in [2.75, 3.05) is 18.2 Å². The molecule has 8 heteroatoms. The molecule has 1 unspecified atom stereocenters. The van der Waals surface area contributed by atoms with Crippen molar-refractivity contribution in [2.24, 2.45) is 0 Å². The van der Waals surface area contributed by atoms with E-state index in [0.717, 1.165) is 11.1 Å². The number of nitrogens with one attached hydrogen (secondary N) is 1. The van der Waals surface area contributed by atoms with Crippen molar-refractivity contribution in [3.63, 3.8) is 0 Å². The molecule has 0 aliphatic rings. The maximum Gasteiger partial charge on any atom is 0.341 e. The SMILES string of the molecule is CCOC(=O)c1cc(C)sc1NC(=O)C(C)S(C)(=O)=O. The molecule has 0 aliphatic carbocycles. The van der Waals surface area contributed by atoms with Crippen LogP contribution in [0.2, 0.25) is 0 Å². The smallest absolute Gasteiger partial charge is 0.341 e. The molecule has 0 fully saturated rings. The monoisotopic (exact) mass is 319 g/mol. The number of hydrogen-bond acceptors (Lipinski definition) is 6. The molecule has 0 aliphatic heterocycles. The fourth-order valence-electron chi connectivity index (χ4n) is 1.38. The molecule has 1 heterocycles. The average Bonchev–Trinajstić information content (AvgIpc) is 2.68. The lowest BCUT2D eigenvalue weighted by Gasteiger charge is -2.10. The van der Waals surface area contributed by atoms with Crippen molar-refractivity contribution in [1.29, 1.82) is 0 Å². The van der Waals surface area contributed by atoms with Crippen LogP contribution < -0.4 is 5.32 Å². The van der Waals surface area contributed by atoms with E-state index in [0.29, 0.717) is 5.00 Å². The van der Waals surface area contributed by atoms with Crippen LogP contribution in [0.3, 0.4) is 0 Å². The number of thiophene rings is 1. The molecule has 1 aromatic rings. The molecule has 20 heavy (non-hydrogen) atoms. The summed E-state index contributed by atoms with van der Waals surface area (Å²) in [5.41, 5.74) is 0.239. The van der Waals surface area contributed by atoms with Gasteiger partial charge in [0.15, 0.2) is 9.84 Å². The summed E-state index contributed by atoms with van der Waals surface area (Å²) in [4.78, 5) is 24.4. The van der Waals surface area contributed by atoms with Gasteiger partial charge >= 0.3 is 5.97 Å². The Bertz CT molecular complexity index is 618. The van der Waals surface area contributed by atoms with Crippen LogP contribution in [-0.2, 0) is 19.4 Å². The van der Waals surface area contributed by atoms with Crippen molar-refractivity contribution >= 4 is 38.1 Å². The zero-order chi connectivity index (χ0) is 15.5. The van der Waals surface area contributed by atoms with Crippen molar-refractivity contribution in [3.05, 3.63) is 16.5 Å². The molecule has 1 amide bonds. The third kappa shape index (κ3) is 4.04. The normalized spacial score (nSPS) is 12.8. The summed E-state index contributed by atoms with van der Waals surface area (Å²) in [6.45, 7) is 4.99. The second-order valence-electron chi connectivity index (χ2n) is 4.28. The number of hydrogen-bond donors (Lipinski definition) is 1. The van der Waals surface area contributed by atoms with Crippen LogP contribution in [0, 0.1) is 6.92 Å². The van der Waals surface area contributed by atoms with Gasteiger partial charge in [-0.1, -0.05) is 0 Å². The van der Waals surface area contributed by atoms with Crippen molar-refractivity contribution in [2.45, 2.75) is 26.0 Å². The summed E-state index contributed by atoms with van der Waals surface area (Å²) in [7, 11) is -3.48. The number of sulfone groups is 1. The lowest BCUT2D eigenvalue weighted by atomic mass is 10.3. The molecule has 0 saturated heterocycles. The first-order valence-electron chi connectivity index (χ1n) is 5.94. The number of aryl methyl sites for hydroxylation is 1. The zero-order valence-corrected chi connectivity index (χ0v) is 13.4. The van der Waals surface area contributed by atoms with E-state index in [1.165, 1.54) is 18.3 Å². The number of carbonyl (C=O) groups excluding carboxylic acids is 2. The van der Waals surface area contributed by atoms with Gasteiger partial charge in [0.1, 0.15) is 10.3 Å². The number of carbonyl (C=O) groups is 2.